The van der Waals surface area contributed by atoms with Crippen molar-refractivity contribution in [2.45, 2.75) is 12.2 Å². The third-order valence-corrected chi connectivity index (χ3v) is 2.26. The van der Waals surface area contributed by atoms with E-state index in [4.69, 9.17) is 0 Å². The van der Waals surface area contributed by atoms with Gasteiger partial charge in [0.05, 0.1) is 19.8 Å². The van der Waals surface area contributed by atoms with Gasteiger partial charge in [-0.2, -0.15) is 0 Å². The van der Waals surface area contributed by atoms with Crippen LogP contribution in [0.2, 0.25) is 0 Å². The van der Waals surface area contributed by atoms with Crippen molar-refractivity contribution >= 4 is 11.9 Å². The van der Waals surface area contributed by atoms with Crippen LogP contribution in [0.4, 0.5) is 0 Å². The number of hydrogen-bond donors (Lipinski definition) is 2. The molecule has 0 saturated carbocycles. The van der Waals surface area contributed by atoms with Crippen LogP contribution in [0.5, 0.6) is 0 Å². The molecule has 0 bridgehead atoms. The number of aliphatic hydroxyl groups excluding tert-OH is 2. The summed E-state index contributed by atoms with van der Waals surface area (Å²) in [4.78, 5) is 26.0. The maximum absolute atomic E-state index is 11.3. The maximum Gasteiger partial charge on any atom is 0.339 e. The van der Waals surface area contributed by atoms with Crippen LogP contribution < -0.4 is 0 Å². The Balaban J connectivity index is 2.96. The number of methoxy groups -OCH3 is 2. The number of esters is 2. The molecule has 7 heteroatoms. The van der Waals surface area contributed by atoms with Crippen LogP contribution in [0.3, 0.4) is 0 Å². The van der Waals surface area contributed by atoms with E-state index in [0.29, 0.717) is 0 Å². The van der Waals surface area contributed by atoms with Gasteiger partial charge in [-0.15, -0.1) is 0 Å². The Morgan fingerprint density at radius 2 is 1.89 bits per heavy atom. The topological polar surface area (TPSA) is 106 Å². The van der Waals surface area contributed by atoms with Crippen LogP contribution in [0.25, 0.3) is 0 Å². The predicted octanol–water partition coefficient (Wildman–Crippen LogP) is -0.565. The standard InChI is InChI=1S/C11H13NO6/c1-17-10(15)7-3-6(4-12-5-7)8(13)9(14)11(16)18-2/h3-5,8-9,13-14H,1-2H3. The Bertz CT molecular complexity index is 447. The smallest absolute Gasteiger partial charge is 0.339 e. The Kier molecular flexibility index (Phi) is 4.75. The molecule has 1 aromatic heterocycles. The van der Waals surface area contributed by atoms with E-state index in [1.54, 1.807) is 0 Å². The summed E-state index contributed by atoms with van der Waals surface area (Å²) in [5, 5.41) is 19.2. The van der Waals surface area contributed by atoms with Crippen molar-refractivity contribution in [3.63, 3.8) is 0 Å². The molecule has 0 aliphatic heterocycles. The summed E-state index contributed by atoms with van der Waals surface area (Å²) in [5.41, 5.74) is 0.210. The van der Waals surface area contributed by atoms with E-state index in [1.807, 2.05) is 0 Å². The van der Waals surface area contributed by atoms with Crippen molar-refractivity contribution in [3.8, 4) is 0 Å². The van der Waals surface area contributed by atoms with Crippen molar-refractivity contribution in [1.29, 1.82) is 0 Å². The van der Waals surface area contributed by atoms with Crippen LogP contribution in [-0.4, -0.2) is 47.5 Å². The Hall–Kier alpha value is -1.99. The number of aliphatic hydroxyl groups is 2. The summed E-state index contributed by atoms with van der Waals surface area (Å²) in [6.07, 6.45) is -0.810. The fourth-order valence-corrected chi connectivity index (χ4v) is 1.28. The highest BCUT2D eigenvalue weighted by molar-refractivity contribution is 5.89. The molecule has 0 aromatic carbocycles. The second kappa shape index (κ2) is 6.08. The maximum atomic E-state index is 11.3. The summed E-state index contributed by atoms with van der Waals surface area (Å²) in [6.45, 7) is 0. The van der Waals surface area contributed by atoms with Crippen molar-refractivity contribution in [1.82, 2.24) is 4.98 Å². The monoisotopic (exact) mass is 255 g/mol. The molecule has 0 amide bonds. The molecule has 0 aliphatic carbocycles. The van der Waals surface area contributed by atoms with Gasteiger partial charge in [-0.1, -0.05) is 0 Å². The molecule has 2 unspecified atom stereocenters. The van der Waals surface area contributed by atoms with Crippen LogP contribution in [0.15, 0.2) is 18.5 Å². The molecule has 0 fully saturated rings. The van der Waals surface area contributed by atoms with Crippen LogP contribution in [0, 0.1) is 0 Å². The number of carbonyl (C=O) groups is 2. The summed E-state index contributed by atoms with van der Waals surface area (Å²) in [5.74, 6) is -1.62. The number of hydrogen-bond acceptors (Lipinski definition) is 7. The lowest BCUT2D eigenvalue weighted by Gasteiger charge is -2.15. The van der Waals surface area contributed by atoms with E-state index in [1.165, 1.54) is 25.6 Å². The zero-order valence-corrected chi connectivity index (χ0v) is 9.86. The second-order valence-corrected chi connectivity index (χ2v) is 3.41. The number of pyridine rings is 1. The highest BCUT2D eigenvalue weighted by Crippen LogP contribution is 2.18. The first-order chi connectivity index (χ1) is 8.51. The van der Waals surface area contributed by atoms with Gasteiger partial charge in [0.15, 0.2) is 6.10 Å². The fraction of sp³-hybridized carbons (Fsp3) is 0.364. The van der Waals surface area contributed by atoms with Crippen LogP contribution in [-0.2, 0) is 14.3 Å². The summed E-state index contributed by atoms with van der Waals surface area (Å²) in [7, 11) is 2.29. The van der Waals surface area contributed by atoms with Gasteiger partial charge in [0, 0.05) is 18.0 Å². The fourth-order valence-electron chi connectivity index (χ4n) is 1.28. The lowest BCUT2D eigenvalue weighted by atomic mass is 10.0. The normalized spacial score (nSPS) is 13.6. The third kappa shape index (κ3) is 3.02. The van der Waals surface area contributed by atoms with Crippen molar-refractivity contribution in [3.05, 3.63) is 29.6 Å². The largest absolute Gasteiger partial charge is 0.467 e. The molecule has 0 spiro atoms. The minimum Gasteiger partial charge on any atom is -0.467 e. The van der Waals surface area contributed by atoms with Crippen molar-refractivity contribution in [2.75, 3.05) is 14.2 Å². The summed E-state index contributed by atoms with van der Waals surface area (Å²) < 4.78 is 8.78. The average Bonchev–Trinajstić information content (AvgIpc) is 2.43. The molecule has 0 radical (unpaired) electrons. The Morgan fingerprint density at radius 3 is 2.44 bits per heavy atom. The molecule has 2 atom stereocenters. The van der Waals surface area contributed by atoms with Gasteiger partial charge in [-0.3, -0.25) is 4.98 Å². The van der Waals surface area contributed by atoms with Crippen molar-refractivity contribution in [2.24, 2.45) is 0 Å². The molecule has 98 valence electrons. The zero-order valence-electron chi connectivity index (χ0n) is 9.86. The zero-order chi connectivity index (χ0) is 13.7. The van der Waals surface area contributed by atoms with Gasteiger partial charge in [0.2, 0.25) is 0 Å². The minimum atomic E-state index is -1.75. The molecular weight excluding hydrogens is 242 g/mol. The van der Waals surface area contributed by atoms with Gasteiger partial charge in [-0.25, -0.2) is 9.59 Å². The van der Waals surface area contributed by atoms with Crippen molar-refractivity contribution < 1.29 is 29.3 Å². The predicted molar refractivity (Wildman–Crippen MR) is 58.6 cm³/mol. The number of nitrogens with zero attached hydrogens (tertiary/aromatic N) is 1. The van der Waals surface area contributed by atoms with Crippen LogP contribution in [0.1, 0.15) is 22.0 Å². The first kappa shape index (κ1) is 14.1. The molecule has 1 heterocycles. The van der Waals surface area contributed by atoms with Gasteiger partial charge in [-0.05, 0) is 6.07 Å². The minimum absolute atomic E-state index is 0.103. The van der Waals surface area contributed by atoms with E-state index < -0.39 is 24.1 Å². The quantitative estimate of drug-likeness (QED) is 0.694. The first-order valence-electron chi connectivity index (χ1n) is 4.98. The Labute approximate surface area is 103 Å². The molecule has 2 N–H and O–H groups in total. The third-order valence-electron chi connectivity index (χ3n) is 2.26. The van der Waals surface area contributed by atoms with E-state index in [2.05, 4.69) is 14.5 Å². The van der Waals surface area contributed by atoms with E-state index >= 15 is 0 Å². The lowest BCUT2D eigenvalue weighted by molar-refractivity contribution is -0.156. The van der Waals surface area contributed by atoms with Crippen LogP contribution >= 0.6 is 0 Å². The molecule has 18 heavy (non-hydrogen) atoms. The molecule has 0 saturated heterocycles. The molecular formula is C11H13NO6. The molecule has 1 aromatic rings. The average molecular weight is 255 g/mol. The molecule has 1 rings (SSSR count). The van der Waals surface area contributed by atoms with Gasteiger partial charge in [0.1, 0.15) is 6.10 Å². The number of rotatable bonds is 4. The van der Waals surface area contributed by atoms with E-state index in [-0.39, 0.29) is 11.1 Å². The van der Waals surface area contributed by atoms with E-state index in [0.717, 1.165) is 7.11 Å². The van der Waals surface area contributed by atoms with Gasteiger partial charge >= 0.3 is 11.9 Å². The molecule has 7 nitrogen and oxygen atoms in total. The Morgan fingerprint density at radius 1 is 1.22 bits per heavy atom. The number of aromatic nitrogens is 1. The summed E-state index contributed by atoms with van der Waals surface area (Å²) in [6, 6.07) is 1.27. The van der Waals surface area contributed by atoms with E-state index in [9.17, 15) is 19.8 Å². The highest BCUT2D eigenvalue weighted by Gasteiger charge is 2.27. The highest BCUT2D eigenvalue weighted by atomic mass is 16.5. The first-order valence-corrected chi connectivity index (χ1v) is 4.98. The van der Waals surface area contributed by atoms with Gasteiger partial charge < -0.3 is 19.7 Å². The second-order valence-electron chi connectivity index (χ2n) is 3.41. The van der Waals surface area contributed by atoms with Gasteiger partial charge in [0.25, 0.3) is 0 Å². The number of carbonyl (C=O) groups excluding carboxylic acids is 2. The lowest BCUT2D eigenvalue weighted by Crippen LogP contribution is -2.29. The SMILES string of the molecule is COC(=O)c1cncc(C(O)C(O)C(=O)OC)c1. The molecule has 0 aliphatic rings. The summed E-state index contributed by atoms with van der Waals surface area (Å²) >= 11 is 0. The number of ether oxygens (including phenoxy) is 2.